The first-order valence-electron chi connectivity index (χ1n) is 35.0. The van der Waals surface area contributed by atoms with E-state index in [1.165, 1.54) is 70.4 Å². The molecule has 6 aromatic rings. The lowest BCUT2D eigenvalue weighted by molar-refractivity contribution is -0.145. The zero-order valence-electron chi connectivity index (χ0n) is 59.6. The number of allylic oxidation sites excluding steroid dienone is 3. The molecule has 3 aromatic carbocycles. The van der Waals surface area contributed by atoms with Gasteiger partial charge in [0.05, 0.1) is 76.1 Å². The minimum Gasteiger partial charge on any atom is -0.465 e. The molecule has 564 valence electrons. The lowest BCUT2D eigenvalue weighted by atomic mass is 9.93. The van der Waals surface area contributed by atoms with Gasteiger partial charge < -0.3 is 43.1 Å². The predicted octanol–water partition coefficient (Wildman–Crippen LogP) is 12.4. The highest BCUT2D eigenvalue weighted by molar-refractivity contribution is 9.11. The van der Waals surface area contributed by atoms with Gasteiger partial charge in [0.15, 0.2) is 32.5 Å². The zero-order valence-corrected chi connectivity index (χ0v) is 66.8. The quantitative estimate of drug-likeness (QED) is 0.0404. The van der Waals surface area contributed by atoms with Crippen molar-refractivity contribution in [2.24, 2.45) is 32.7 Å². The van der Waals surface area contributed by atoms with E-state index < -0.39 is 30.1 Å². The van der Waals surface area contributed by atoms with Crippen LogP contribution in [-0.2, 0) is 52.4 Å². The van der Waals surface area contributed by atoms with Crippen molar-refractivity contribution in [3.8, 4) is 0 Å². The number of nitrogens with zero attached hydrogens (tertiary/aromatic N) is 12. The lowest BCUT2D eigenvalue weighted by Crippen LogP contribution is -2.40. The number of likely N-dealkylation sites (N-methyl/N-ethyl adjacent to an activating group) is 2. The molecule has 6 atom stereocenters. The van der Waals surface area contributed by atoms with Crippen LogP contribution in [0.4, 0.5) is 13.2 Å². The number of halogens is 6. The van der Waals surface area contributed by atoms with Gasteiger partial charge in [-0.25, -0.2) is 42.5 Å². The summed E-state index contributed by atoms with van der Waals surface area (Å²) in [6.07, 6.45) is 7.14. The van der Waals surface area contributed by atoms with Gasteiger partial charge >= 0.3 is 29.8 Å². The number of ether oxygens (including phenoxy) is 6. The Labute approximate surface area is 650 Å². The van der Waals surface area contributed by atoms with Crippen molar-refractivity contribution in [1.29, 1.82) is 0 Å². The fourth-order valence-corrected chi connectivity index (χ4v) is 17.8. The summed E-state index contributed by atoms with van der Waals surface area (Å²) in [6.45, 7) is 18.2. The van der Waals surface area contributed by atoms with Crippen molar-refractivity contribution in [2.45, 2.75) is 72.0 Å². The summed E-state index contributed by atoms with van der Waals surface area (Å²) in [5.41, 5.74) is 6.06. The fourth-order valence-electron chi connectivity index (χ4n) is 14.2. The molecule has 13 rings (SSSR count). The third-order valence-corrected chi connectivity index (χ3v) is 22.7. The van der Waals surface area contributed by atoms with E-state index in [0.29, 0.717) is 111 Å². The van der Waals surface area contributed by atoms with Crippen LogP contribution in [0.15, 0.2) is 152 Å². The molecule has 32 heteroatoms. The van der Waals surface area contributed by atoms with E-state index in [0.717, 1.165) is 89.3 Å². The summed E-state index contributed by atoms with van der Waals surface area (Å²) in [6, 6.07) is 11.3. The van der Waals surface area contributed by atoms with Crippen LogP contribution in [-0.4, -0.2) is 217 Å². The maximum Gasteiger partial charge on any atom is 0.338 e. The number of morpholine rings is 1. The number of carbonyl (C=O) groups is 5. The molecule has 0 spiro atoms. The van der Waals surface area contributed by atoms with Crippen molar-refractivity contribution in [3.63, 3.8) is 0 Å². The highest BCUT2D eigenvalue weighted by atomic mass is 79.9. The van der Waals surface area contributed by atoms with E-state index in [-0.39, 0.29) is 80.1 Å². The van der Waals surface area contributed by atoms with Crippen molar-refractivity contribution in [2.75, 3.05) is 126 Å². The smallest absolute Gasteiger partial charge is 0.338 e. The third kappa shape index (κ3) is 19.0. The molecule has 0 aliphatic carbocycles. The Balaban J connectivity index is 0.000000159. The number of benzene rings is 3. The number of rotatable bonds is 24. The highest BCUT2D eigenvalue weighted by Gasteiger charge is 2.47. The van der Waals surface area contributed by atoms with E-state index in [4.69, 9.17) is 43.4 Å². The molecule has 4 saturated heterocycles. The number of fused-ring (bicyclic) bond motifs is 3. The standard InChI is InChI=1S/2C25H28BrFN4O4S.C24H26BrFN4O3S/c2*1-4-34-20(32)14-30(3)12-15-10-19-21(25(33)35-5-2)22(17-7-6-16(27)11-18(17)26)29-23(31(19)13-15)24-28-8-9-36-24;1-2-33-24(31)20-19-11-15(13-29-6-8-32-9-7-29)14-30(19)22(23-27-5-10-34-23)28-21(20)17-4-3-16(26)12-18(17)25/h2*6-9,11,15,22H,4-5,10,12-14H2,1-3H3;3-5,10,12,15,21H,2,6-9,11,13-14H2,1H3/t15-,22+;15-,22-;15-,21?/m100/s1. The average Bonchev–Trinajstić information content (AvgIpc) is 1.64. The minimum absolute atomic E-state index is 0.129. The van der Waals surface area contributed by atoms with Crippen LogP contribution in [0, 0.1) is 35.2 Å². The Bertz CT molecular complexity index is 4170. The summed E-state index contributed by atoms with van der Waals surface area (Å²) in [5, 5.41) is 7.96. The number of hydrogen-bond donors (Lipinski definition) is 0. The van der Waals surface area contributed by atoms with Crippen LogP contribution in [0.25, 0.3) is 0 Å². The molecule has 0 N–H and O–H groups in total. The Morgan fingerprint density at radius 3 is 1.11 bits per heavy atom. The van der Waals surface area contributed by atoms with Crippen molar-refractivity contribution in [1.82, 2.24) is 44.4 Å². The number of thiazole rings is 3. The molecular formula is C74H82Br3F3N12O11S3. The van der Waals surface area contributed by atoms with Crippen LogP contribution < -0.4 is 0 Å². The summed E-state index contributed by atoms with van der Waals surface area (Å²) >= 11 is 14.9. The third-order valence-electron chi connectivity index (χ3n) is 18.3. The predicted molar refractivity (Wildman–Crippen MR) is 407 cm³/mol. The van der Waals surface area contributed by atoms with Gasteiger partial charge in [-0.2, -0.15) is 0 Å². The molecule has 10 heterocycles. The van der Waals surface area contributed by atoms with E-state index in [1.54, 1.807) is 71.4 Å². The molecule has 0 amide bonds. The molecule has 3 aromatic heterocycles. The molecule has 23 nitrogen and oxygen atoms in total. The highest BCUT2D eigenvalue weighted by Crippen LogP contribution is 2.48. The lowest BCUT2D eigenvalue weighted by Gasteiger charge is -2.32. The molecule has 4 fully saturated rings. The molecule has 1 unspecified atom stereocenters. The Kier molecular flexibility index (Phi) is 27.9. The second kappa shape index (κ2) is 37.1. The first-order valence-corrected chi connectivity index (χ1v) is 40.0. The SMILES string of the molecule is CCOC(=O)C1=C2C[C@@H](CN3CCOCC3)CN2C(c2nccs2)=NC1c1ccc(F)cc1Br.CCOC(=O)CN(C)C[C@@H]1CC2=C(C(=O)OCC)[C@H](c3ccc(F)cc3Br)N=C(c3nccs3)N2C1.CCOC(=O)CN(C)C[C@H]1CC2=C(C(=O)OCC)[C@H](c3ccc(F)cc3Br)N=C(c3nccs3)N2C1. The van der Waals surface area contributed by atoms with E-state index >= 15 is 0 Å². The van der Waals surface area contributed by atoms with E-state index in [9.17, 15) is 37.1 Å². The monoisotopic (exact) mass is 1700 g/mol. The number of aromatic nitrogens is 3. The van der Waals surface area contributed by atoms with Gasteiger partial charge in [-0.15, -0.1) is 34.0 Å². The summed E-state index contributed by atoms with van der Waals surface area (Å²) in [5.74, 6) is -0.243. The molecule has 106 heavy (non-hydrogen) atoms. The normalized spacial score (nSPS) is 20.6. The minimum atomic E-state index is -0.680. The van der Waals surface area contributed by atoms with Gasteiger partial charge in [0.25, 0.3) is 0 Å². The number of carbonyl (C=O) groups excluding carboxylic acids is 5. The van der Waals surface area contributed by atoms with Crippen LogP contribution in [0.5, 0.6) is 0 Å². The van der Waals surface area contributed by atoms with Crippen molar-refractivity contribution >= 4 is 129 Å². The van der Waals surface area contributed by atoms with E-state index in [1.807, 2.05) is 49.8 Å². The van der Waals surface area contributed by atoms with Crippen molar-refractivity contribution < 1.29 is 65.6 Å². The number of aliphatic imine (C=N–C) groups is 3. The number of hydrogen-bond acceptors (Lipinski definition) is 26. The number of esters is 5. The van der Waals surface area contributed by atoms with Gasteiger partial charge in [-0.3, -0.25) is 39.3 Å². The molecule has 7 aliphatic rings. The van der Waals surface area contributed by atoms with E-state index in [2.05, 4.69) is 72.5 Å². The summed E-state index contributed by atoms with van der Waals surface area (Å²) in [7, 11) is 3.76. The molecule has 0 radical (unpaired) electrons. The van der Waals surface area contributed by atoms with Gasteiger partial charge in [-0.1, -0.05) is 66.0 Å². The van der Waals surface area contributed by atoms with Gasteiger partial charge in [0.2, 0.25) is 0 Å². The Morgan fingerprint density at radius 2 is 0.811 bits per heavy atom. The molecular weight excluding hydrogens is 1630 g/mol. The van der Waals surface area contributed by atoms with Gasteiger partial charge in [0, 0.05) is 118 Å². The van der Waals surface area contributed by atoms with Crippen LogP contribution in [0.1, 0.15) is 104 Å². The van der Waals surface area contributed by atoms with Gasteiger partial charge in [0.1, 0.15) is 35.6 Å². The van der Waals surface area contributed by atoms with Crippen LogP contribution >= 0.6 is 81.8 Å². The Morgan fingerprint density at radius 1 is 0.491 bits per heavy atom. The molecule has 0 bridgehead atoms. The molecule has 7 aliphatic heterocycles. The van der Waals surface area contributed by atoms with Gasteiger partial charge in [-0.05, 0) is 139 Å². The molecule has 0 saturated carbocycles. The largest absolute Gasteiger partial charge is 0.465 e. The maximum atomic E-state index is 13.9. The van der Waals surface area contributed by atoms with Crippen LogP contribution in [0.3, 0.4) is 0 Å². The first-order chi connectivity index (χ1) is 51.2. The topological polar surface area (TPSA) is 236 Å². The average molecular weight is 1710 g/mol. The summed E-state index contributed by atoms with van der Waals surface area (Å²) < 4.78 is 75.4. The Hall–Kier alpha value is -7.40. The zero-order chi connectivity index (χ0) is 75.3. The second-order valence-electron chi connectivity index (χ2n) is 25.8. The van der Waals surface area contributed by atoms with Crippen LogP contribution in [0.2, 0.25) is 0 Å². The number of amidine groups is 3. The first kappa shape index (κ1) is 79.6. The maximum absolute atomic E-state index is 13.9. The summed E-state index contributed by atoms with van der Waals surface area (Å²) in [4.78, 5) is 105. The van der Waals surface area contributed by atoms with Crippen molar-refractivity contribution in [3.05, 3.63) is 186 Å². The fraction of sp³-hybridized carbons (Fsp3) is 0.446. The second-order valence-corrected chi connectivity index (χ2v) is 31.0.